The first-order valence-corrected chi connectivity index (χ1v) is 7.11. The molecule has 1 aliphatic carbocycles. The first-order chi connectivity index (χ1) is 8.15. The lowest BCUT2D eigenvalue weighted by molar-refractivity contribution is 0.0416. The normalized spacial score (nSPS) is 25.8. The van der Waals surface area contributed by atoms with Crippen LogP contribution in [0.4, 0.5) is 0 Å². The lowest BCUT2D eigenvalue weighted by Gasteiger charge is -2.31. The highest BCUT2D eigenvalue weighted by Gasteiger charge is 2.23. The molecule has 3 heteroatoms. The first-order valence-electron chi connectivity index (χ1n) is 7.11. The molecule has 0 saturated heterocycles. The molecule has 17 heavy (non-hydrogen) atoms. The van der Waals surface area contributed by atoms with Crippen LogP contribution in [-0.2, 0) is 4.74 Å². The number of hydrogen-bond donors (Lipinski definition) is 1. The van der Waals surface area contributed by atoms with E-state index in [-0.39, 0.29) is 0 Å². The number of hydrogen-bond acceptors (Lipinski definition) is 3. The minimum Gasteiger partial charge on any atom is -0.380 e. The van der Waals surface area contributed by atoms with Crippen molar-refractivity contribution in [2.45, 2.75) is 64.1 Å². The van der Waals surface area contributed by atoms with E-state index in [0.717, 1.165) is 6.54 Å². The van der Waals surface area contributed by atoms with Gasteiger partial charge in [-0.15, -0.1) is 0 Å². The van der Waals surface area contributed by atoms with Gasteiger partial charge < -0.3 is 15.0 Å². The summed E-state index contributed by atoms with van der Waals surface area (Å²) in [4.78, 5) is 2.40. The maximum atomic E-state index is 5.55. The fraction of sp³-hybridized carbons (Fsp3) is 1.00. The second kappa shape index (κ2) is 8.06. The number of nitrogens with one attached hydrogen (secondary N) is 1. The third kappa shape index (κ3) is 5.36. The quantitative estimate of drug-likeness (QED) is 0.693. The fourth-order valence-electron chi connectivity index (χ4n) is 2.49. The molecule has 0 aromatic rings. The molecule has 0 heterocycles. The van der Waals surface area contributed by atoms with Gasteiger partial charge in [0.25, 0.3) is 0 Å². The van der Waals surface area contributed by atoms with Crippen LogP contribution < -0.4 is 5.32 Å². The first kappa shape index (κ1) is 14.9. The molecule has 3 nitrogen and oxygen atoms in total. The topological polar surface area (TPSA) is 24.5 Å². The summed E-state index contributed by atoms with van der Waals surface area (Å²) in [6.07, 6.45) is 6.84. The largest absolute Gasteiger partial charge is 0.380 e. The Kier molecular flexibility index (Phi) is 7.09. The van der Waals surface area contributed by atoms with E-state index >= 15 is 0 Å². The molecule has 0 aromatic carbocycles. The van der Waals surface area contributed by atoms with Gasteiger partial charge in [-0.25, -0.2) is 0 Å². The molecule has 1 rings (SSSR count). The standard InChI is InChI=1S/C14H30N2O/c1-12(2)16(3)11-7-10-15-13-8-5-6-9-14(13)17-4/h12-15H,5-11H2,1-4H3. The summed E-state index contributed by atoms with van der Waals surface area (Å²) in [6, 6.07) is 1.23. The smallest absolute Gasteiger partial charge is 0.0724 e. The van der Waals surface area contributed by atoms with Crippen molar-refractivity contribution in [1.29, 1.82) is 0 Å². The third-order valence-electron chi connectivity index (χ3n) is 3.98. The molecule has 2 unspecified atom stereocenters. The highest BCUT2D eigenvalue weighted by atomic mass is 16.5. The van der Waals surface area contributed by atoms with Gasteiger partial charge in [-0.1, -0.05) is 12.8 Å². The van der Waals surface area contributed by atoms with Crippen LogP contribution in [-0.4, -0.2) is 50.3 Å². The van der Waals surface area contributed by atoms with Gasteiger partial charge in [0.15, 0.2) is 0 Å². The van der Waals surface area contributed by atoms with Crippen molar-refractivity contribution in [2.75, 3.05) is 27.2 Å². The second-order valence-electron chi connectivity index (χ2n) is 5.55. The molecule has 0 radical (unpaired) electrons. The van der Waals surface area contributed by atoms with Crippen molar-refractivity contribution < 1.29 is 4.74 Å². The molecular weight excluding hydrogens is 212 g/mol. The van der Waals surface area contributed by atoms with Crippen LogP contribution in [0.5, 0.6) is 0 Å². The molecule has 0 spiro atoms. The van der Waals surface area contributed by atoms with Crippen molar-refractivity contribution in [1.82, 2.24) is 10.2 Å². The predicted molar refractivity (Wildman–Crippen MR) is 73.4 cm³/mol. The van der Waals surface area contributed by atoms with Crippen LogP contribution in [0.15, 0.2) is 0 Å². The van der Waals surface area contributed by atoms with Crippen LogP contribution in [0.25, 0.3) is 0 Å². The van der Waals surface area contributed by atoms with E-state index in [2.05, 4.69) is 31.1 Å². The molecule has 1 fully saturated rings. The van der Waals surface area contributed by atoms with Crippen molar-refractivity contribution >= 4 is 0 Å². The third-order valence-corrected chi connectivity index (χ3v) is 3.98. The molecule has 1 N–H and O–H groups in total. The Hall–Kier alpha value is -0.120. The SMILES string of the molecule is COC1CCCCC1NCCCN(C)C(C)C. The summed E-state index contributed by atoms with van der Waals surface area (Å²) in [7, 11) is 4.04. The van der Waals surface area contributed by atoms with E-state index in [9.17, 15) is 0 Å². The van der Waals surface area contributed by atoms with Gasteiger partial charge in [-0.05, 0) is 53.2 Å². The molecule has 0 bridgehead atoms. The molecule has 1 saturated carbocycles. The molecule has 0 aliphatic heterocycles. The monoisotopic (exact) mass is 242 g/mol. The summed E-state index contributed by atoms with van der Waals surface area (Å²) >= 11 is 0. The Bertz CT molecular complexity index is 197. The van der Waals surface area contributed by atoms with Crippen LogP contribution >= 0.6 is 0 Å². The number of nitrogens with zero attached hydrogens (tertiary/aromatic N) is 1. The van der Waals surface area contributed by atoms with Crippen LogP contribution in [0, 0.1) is 0 Å². The van der Waals surface area contributed by atoms with E-state index in [1.807, 2.05) is 7.11 Å². The second-order valence-corrected chi connectivity index (χ2v) is 5.55. The molecule has 102 valence electrons. The molecule has 0 aromatic heterocycles. The van der Waals surface area contributed by atoms with Gasteiger partial charge in [0, 0.05) is 19.2 Å². The molecule has 1 aliphatic rings. The average Bonchev–Trinajstić information content (AvgIpc) is 2.34. The van der Waals surface area contributed by atoms with Crippen molar-refractivity contribution in [3.8, 4) is 0 Å². The summed E-state index contributed by atoms with van der Waals surface area (Å²) in [6.45, 7) is 6.78. The summed E-state index contributed by atoms with van der Waals surface area (Å²) in [5.74, 6) is 0. The molecular formula is C14H30N2O. The summed E-state index contributed by atoms with van der Waals surface area (Å²) in [5, 5.41) is 3.67. The van der Waals surface area contributed by atoms with E-state index in [0.29, 0.717) is 18.2 Å². The van der Waals surface area contributed by atoms with Gasteiger partial charge in [-0.3, -0.25) is 0 Å². The Labute approximate surface area is 107 Å². The minimum atomic E-state index is 0.437. The van der Waals surface area contributed by atoms with Crippen LogP contribution in [0.3, 0.4) is 0 Å². The summed E-state index contributed by atoms with van der Waals surface area (Å²) < 4.78 is 5.55. The van der Waals surface area contributed by atoms with E-state index < -0.39 is 0 Å². The Balaban J connectivity index is 2.12. The maximum absolute atomic E-state index is 5.55. The van der Waals surface area contributed by atoms with E-state index in [4.69, 9.17) is 4.74 Å². The zero-order valence-electron chi connectivity index (χ0n) is 12.0. The Morgan fingerprint density at radius 1 is 1.29 bits per heavy atom. The Morgan fingerprint density at radius 2 is 2.00 bits per heavy atom. The highest BCUT2D eigenvalue weighted by Crippen LogP contribution is 2.20. The lowest BCUT2D eigenvalue weighted by Crippen LogP contribution is -2.44. The predicted octanol–water partition coefficient (Wildman–Crippen LogP) is 2.26. The van der Waals surface area contributed by atoms with Gasteiger partial charge in [0.2, 0.25) is 0 Å². The van der Waals surface area contributed by atoms with Crippen molar-refractivity contribution in [3.05, 3.63) is 0 Å². The number of ether oxygens (including phenoxy) is 1. The zero-order valence-corrected chi connectivity index (χ0v) is 12.0. The number of rotatable bonds is 7. The Morgan fingerprint density at radius 3 is 2.65 bits per heavy atom. The maximum Gasteiger partial charge on any atom is 0.0724 e. The van der Waals surface area contributed by atoms with Gasteiger partial charge in [0.05, 0.1) is 6.10 Å². The van der Waals surface area contributed by atoms with E-state index in [1.165, 1.54) is 38.6 Å². The number of methoxy groups -OCH3 is 1. The van der Waals surface area contributed by atoms with Crippen LogP contribution in [0.2, 0.25) is 0 Å². The molecule has 0 amide bonds. The van der Waals surface area contributed by atoms with Gasteiger partial charge in [-0.2, -0.15) is 0 Å². The fourth-order valence-corrected chi connectivity index (χ4v) is 2.49. The molecule has 2 atom stereocenters. The van der Waals surface area contributed by atoms with E-state index in [1.54, 1.807) is 0 Å². The van der Waals surface area contributed by atoms with Crippen molar-refractivity contribution in [2.24, 2.45) is 0 Å². The summed E-state index contributed by atoms with van der Waals surface area (Å²) in [5.41, 5.74) is 0. The average molecular weight is 242 g/mol. The van der Waals surface area contributed by atoms with Crippen molar-refractivity contribution in [3.63, 3.8) is 0 Å². The minimum absolute atomic E-state index is 0.437. The van der Waals surface area contributed by atoms with Gasteiger partial charge >= 0.3 is 0 Å². The zero-order chi connectivity index (χ0) is 12.7. The lowest BCUT2D eigenvalue weighted by atomic mass is 9.92. The van der Waals surface area contributed by atoms with Gasteiger partial charge in [0.1, 0.15) is 0 Å². The highest BCUT2D eigenvalue weighted by molar-refractivity contribution is 4.81. The van der Waals surface area contributed by atoms with Crippen LogP contribution in [0.1, 0.15) is 46.0 Å².